The fourth-order valence-electron chi connectivity index (χ4n) is 4.17. The summed E-state index contributed by atoms with van der Waals surface area (Å²) in [5.74, 6) is 1.41. The summed E-state index contributed by atoms with van der Waals surface area (Å²) in [7, 11) is 4.81. The second kappa shape index (κ2) is 8.74. The molecule has 1 amide bonds. The van der Waals surface area contributed by atoms with Gasteiger partial charge < -0.3 is 25.0 Å². The fourth-order valence-corrected chi connectivity index (χ4v) is 4.17. The molecule has 0 radical (unpaired) electrons. The minimum Gasteiger partial charge on any atom is -0.497 e. The first-order chi connectivity index (χ1) is 15.5. The lowest BCUT2D eigenvalue weighted by Gasteiger charge is -2.26. The highest BCUT2D eigenvalue weighted by Crippen LogP contribution is 2.38. The highest BCUT2D eigenvalue weighted by molar-refractivity contribution is 6.36. The van der Waals surface area contributed by atoms with Crippen LogP contribution in [0.25, 0.3) is 0 Å². The van der Waals surface area contributed by atoms with E-state index < -0.39 is 6.04 Å². The number of para-hydroxylation sites is 1. The molecule has 1 atom stereocenters. The molecule has 4 rings (SSSR count). The van der Waals surface area contributed by atoms with Gasteiger partial charge in [0.1, 0.15) is 23.4 Å². The van der Waals surface area contributed by atoms with E-state index in [1.165, 1.54) is 6.92 Å². The van der Waals surface area contributed by atoms with E-state index in [1.807, 2.05) is 41.3 Å². The van der Waals surface area contributed by atoms with E-state index in [9.17, 15) is 9.59 Å². The first-order valence-electron chi connectivity index (χ1n) is 10.3. The minimum absolute atomic E-state index is 0.101. The molecule has 0 spiro atoms. The van der Waals surface area contributed by atoms with Crippen LogP contribution >= 0.6 is 0 Å². The number of allylic oxidation sites excluding steroid dienone is 1. The van der Waals surface area contributed by atoms with Gasteiger partial charge in [-0.15, -0.1) is 0 Å². The number of anilines is 2. The third-order valence-electron chi connectivity index (χ3n) is 5.65. The molecular weight excluding hydrogens is 408 g/mol. The summed E-state index contributed by atoms with van der Waals surface area (Å²) in [5.41, 5.74) is 4.13. The van der Waals surface area contributed by atoms with Crippen LogP contribution in [0.5, 0.6) is 11.5 Å². The number of methoxy groups -OCH3 is 2. The fraction of sp³-hybridized carbons (Fsp3) is 0.292. The van der Waals surface area contributed by atoms with E-state index in [-0.39, 0.29) is 18.2 Å². The minimum atomic E-state index is -0.651. The van der Waals surface area contributed by atoms with Gasteiger partial charge in [0.2, 0.25) is 5.91 Å². The van der Waals surface area contributed by atoms with E-state index in [2.05, 4.69) is 15.6 Å². The Morgan fingerprint density at radius 1 is 1.19 bits per heavy atom. The van der Waals surface area contributed by atoms with E-state index in [0.717, 1.165) is 16.9 Å². The van der Waals surface area contributed by atoms with Crippen molar-refractivity contribution in [3.05, 3.63) is 59.3 Å². The number of benzene rings is 2. The zero-order valence-electron chi connectivity index (χ0n) is 18.6. The van der Waals surface area contributed by atoms with Gasteiger partial charge in [-0.1, -0.05) is 18.2 Å². The molecule has 2 aliphatic rings. The van der Waals surface area contributed by atoms with Gasteiger partial charge in [0.25, 0.3) is 0 Å². The lowest BCUT2D eigenvalue weighted by molar-refractivity contribution is -0.119. The number of nitrogens with one attached hydrogen (secondary N) is 2. The van der Waals surface area contributed by atoms with Gasteiger partial charge in [-0.05, 0) is 11.6 Å². The van der Waals surface area contributed by atoms with Gasteiger partial charge >= 0.3 is 0 Å². The first-order valence-corrected chi connectivity index (χ1v) is 10.3. The van der Waals surface area contributed by atoms with E-state index in [1.54, 1.807) is 27.3 Å². The molecule has 2 heterocycles. The van der Waals surface area contributed by atoms with Gasteiger partial charge in [0.05, 0.1) is 25.5 Å². The Morgan fingerprint density at radius 2 is 1.88 bits per heavy atom. The molecule has 32 heavy (non-hydrogen) atoms. The maximum Gasteiger partial charge on any atom is 0.216 e. The number of hydrogen-bond donors (Lipinski definition) is 2. The number of Topliss-reactive ketones (excluding diaryl/α,β-unsaturated/α-hetero) is 1. The standard InChI is InChI=1S/C24H26N4O4/c1-14(29)26-13-21-23(30)22(20-9-15-7-5-6-8-19(15)27-20)24(25-2)28(21)16-10-17(31-3)12-18(11-16)32-4/h5-8,10-12,21,27H,9,13H2,1-4H3,(H,26,29). The molecule has 1 unspecified atom stereocenters. The number of carbonyl (C=O) groups is 2. The van der Waals surface area contributed by atoms with Crippen LogP contribution in [0.3, 0.4) is 0 Å². The van der Waals surface area contributed by atoms with E-state index in [0.29, 0.717) is 35.0 Å². The van der Waals surface area contributed by atoms with Gasteiger partial charge in [-0.3, -0.25) is 14.6 Å². The van der Waals surface area contributed by atoms with Crippen LogP contribution in [-0.4, -0.2) is 51.4 Å². The van der Waals surface area contributed by atoms with Gasteiger partial charge in [-0.2, -0.15) is 0 Å². The number of rotatable bonds is 5. The number of hydrogen-bond acceptors (Lipinski definition) is 6. The number of ketones is 1. The molecule has 8 heteroatoms. The molecule has 2 aromatic carbocycles. The van der Waals surface area contributed by atoms with Crippen LogP contribution in [0.1, 0.15) is 12.5 Å². The lowest BCUT2D eigenvalue weighted by atomic mass is 10.0. The monoisotopic (exact) mass is 434 g/mol. The van der Waals surface area contributed by atoms with Crippen molar-refractivity contribution in [2.24, 2.45) is 4.99 Å². The summed E-state index contributed by atoms with van der Waals surface area (Å²) in [6.45, 7) is 1.58. The molecule has 0 aromatic heterocycles. The van der Waals surface area contributed by atoms with Crippen molar-refractivity contribution < 1.29 is 19.1 Å². The highest BCUT2D eigenvalue weighted by Gasteiger charge is 2.44. The van der Waals surface area contributed by atoms with Crippen LogP contribution in [0, 0.1) is 0 Å². The predicted molar refractivity (Wildman–Crippen MR) is 124 cm³/mol. The molecule has 2 aliphatic heterocycles. The van der Waals surface area contributed by atoms with Crippen molar-refractivity contribution >= 4 is 28.9 Å². The van der Waals surface area contributed by atoms with Gasteiger partial charge in [-0.25, -0.2) is 0 Å². The van der Waals surface area contributed by atoms with Crippen LogP contribution in [-0.2, 0) is 16.0 Å². The molecular formula is C24H26N4O4. The number of aliphatic imine (C=N–C) groups is 1. The molecule has 8 nitrogen and oxygen atoms in total. The number of amidine groups is 1. The Morgan fingerprint density at radius 3 is 2.47 bits per heavy atom. The zero-order valence-corrected chi connectivity index (χ0v) is 18.6. The zero-order chi connectivity index (χ0) is 22.8. The van der Waals surface area contributed by atoms with Crippen LogP contribution in [0.4, 0.5) is 11.4 Å². The summed E-state index contributed by atoms with van der Waals surface area (Å²) in [4.78, 5) is 31.7. The maximum atomic E-state index is 13.7. The molecule has 1 saturated heterocycles. The summed E-state index contributed by atoms with van der Waals surface area (Å²) in [6.07, 6.45) is 0.610. The molecule has 0 saturated carbocycles. The van der Waals surface area contributed by atoms with Crippen molar-refractivity contribution in [3.63, 3.8) is 0 Å². The molecule has 0 bridgehead atoms. The molecule has 0 aliphatic carbocycles. The Kier molecular flexibility index (Phi) is 5.85. The average molecular weight is 434 g/mol. The number of ether oxygens (including phenoxy) is 2. The summed E-state index contributed by atoms with van der Waals surface area (Å²) in [5, 5.41) is 6.17. The quantitative estimate of drug-likeness (QED) is 0.703. The van der Waals surface area contributed by atoms with Crippen LogP contribution in [0.15, 0.2) is 58.7 Å². The number of nitrogens with zero attached hydrogens (tertiary/aromatic N) is 2. The van der Waals surface area contributed by atoms with Crippen LogP contribution in [0.2, 0.25) is 0 Å². The van der Waals surface area contributed by atoms with Crippen molar-refractivity contribution in [2.75, 3.05) is 38.0 Å². The Bertz CT molecular complexity index is 1090. The van der Waals surface area contributed by atoms with Crippen LogP contribution < -0.4 is 25.0 Å². The third-order valence-corrected chi connectivity index (χ3v) is 5.65. The molecule has 2 aromatic rings. The molecule has 1 fully saturated rings. The summed E-state index contributed by atoms with van der Waals surface area (Å²) in [6, 6.07) is 12.7. The SMILES string of the molecule is CN=C1C(=C2Cc3ccccc3N2)C(=O)C(CNC(C)=O)N1c1cc(OC)cc(OC)c1. The highest BCUT2D eigenvalue weighted by atomic mass is 16.5. The van der Waals surface area contributed by atoms with Crippen molar-refractivity contribution in [1.29, 1.82) is 0 Å². The van der Waals surface area contributed by atoms with Gasteiger partial charge in [0.15, 0.2) is 5.78 Å². The van der Waals surface area contributed by atoms with E-state index >= 15 is 0 Å². The number of fused-ring (bicyclic) bond motifs is 1. The summed E-state index contributed by atoms with van der Waals surface area (Å²) >= 11 is 0. The topological polar surface area (TPSA) is 92.3 Å². The third kappa shape index (κ3) is 3.79. The lowest BCUT2D eigenvalue weighted by Crippen LogP contribution is -2.44. The Hall–Kier alpha value is -3.81. The number of amides is 1. The normalized spacial score (nSPS) is 20.9. The second-order valence-corrected chi connectivity index (χ2v) is 7.62. The van der Waals surface area contributed by atoms with Crippen molar-refractivity contribution in [1.82, 2.24) is 5.32 Å². The largest absolute Gasteiger partial charge is 0.497 e. The van der Waals surface area contributed by atoms with Crippen molar-refractivity contribution in [2.45, 2.75) is 19.4 Å². The van der Waals surface area contributed by atoms with E-state index in [4.69, 9.17) is 9.47 Å². The maximum absolute atomic E-state index is 13.7. The average Bonchev–Trinajstić information content (AvgIpc) is 3.34. The second-order valence-electron chi connectivity index (χ2n) is 7.62. The molecule has 166 valence electrons. The Labute approximate surface area is 186 Å². The Balaban J connectivity index is 1.83. The van der Waals surface area contributed by atoms with Gasteiger partial charge in [0, 0.05) is 56.5 Å². The number of carbonyl (C=O) groups excluding carboxylic acids is 2. The van der Waals surface area contributed by atoms with Crippen molar-refractivity contribution in [3.8, 4) is 11.5 Å². The predicted octanol–water partition coefficient (Wildman–Crippen LogP) is 2.55. The molecule has 2 N–H and O–H groups in total. The first kappa shape index (κ1) is 21.4. The smallest absolute Gasteiger partial charge is 0.216 e. The summed E-state index contributed by atoms with van der Waals surface area (Å²) < 4.78 is 10.9.